The number of thiazole rings is 1. The number of fused-ring (bicyclic) bond motifs is 1. The predicted octanol–water partition coefficient (Wildman–Crippen LogP) is 6.35. The van der Waals surface area contributed by atoms with Crippen molar-refractivity contribution >= 4 is 39.2 Å². The molecule has 0 radical (unpaired) electrons. The topological polar surface area (TPSA) is 54.9 Å². The molecule has 3 aromatic rings. The highest BCUT2D eigenvalue weighted by atomic mass is 32.2. The highest BCUT2D eigenvalue weighted by Gasteiger charge is 2.54. The van der Waals surface area contributed by atoms with Crippen LogP contribution in [0.1, 0.15) is 72.1 Å². The molecule has 0 atom stereocenters. The first-order valence-electron chi connectivity index (χ1n) is 11.2. The molecule has 1 aromatic carbocycles. The van der Waals surface area contributed by atoms with E-state index in [4.69, 9.17) is 4.98 Å². The molecule has 2 aliphatic rings. The number of hydrogen-bond acceptors (Lipinski definition) is 5. The third-order valence-corrected chi connectivity index (χ3v) is 8.12. The summed E-state index contributed by atoms with van der Waals surface area (Å²) >= 11 is 3.57. The normalized spacial score (nSPS) is 24.1. The van der Waals surface area contributed by atoms with Crippen molar-refractivity contribution in [3.05, 3.63) is 58.4 Å². The SMILES string of the molecule is CC.CSCc1cc(C(=O)NC2CC3(C2)CC(c2nc4cc(C)ccc4s2)C3)ccn1. The van der Waals surface area contributed by atoms with Gasteiger partial charge in [-0.25, -0.2) is 4.98 Å². The van der Waals surface area contributed by atoms with E-state index in [0.717, 1.165) is 35.4 Å². The van der Waals surface area contributed by atoms with E-state index in [9.17, 15) is 4.79 Å². The molecule has 0 unspecified atom stereocenters. The van der Waals surface area contributed by atoms with Gasteiger partial charge >= 0.3 is 0 Å². The lowest BCUT2D eigenvalue weighted by atomic mass is 9.50. The van der Waals surface area contributed by atoms with Crippen LogP contribution >= 0.6 is 23.1 Å². The molecule has 1 spiro atoms. The van der Waals surface area contributed by atoms with Gasteiger partial charge in [0.25, 0.3) is 5.91 Å². The molecule has 5 rings (SSSR count). The van der Waals surface area contributed by atoms with Gasteiger partial charge in [0.15, 0.2) is 0 Å². The predicted molar refractivity (Wildman–Crippen MR) is 132 cm³/mol. The van der Waals surface area contributed by atoms with Gasteiger partial charge in [0, 0.05) is 29.5 Å². The minimum absolute atomic E-state index is 0.0343. The summed E-state index contributed by atoms with van der Waals surface area (Å²) in [6.45, 7) is 6.12. The number of amides is 1. The molecule has 2 fully saturated rings. The maximum absolute atomic E-state index is 12.6. The molecule has 0 aliphatic heterocycles. The van der Waals surface area contributed by atoms with Crippen molar-refractivity contribution in [2.75, 3.05) is 6.26 Å². The summed E-state index contributed by atoms with van der Waals surface area (Å²) in [5.41, 5.74) is 4.53. The van der Waals surface area contributed by atoms with Gasteiger partial charge in [0.05, 0.1) is 20.9 Å². The van der Waals surface area contributed by atoms with E-state index in [1.807, 2.05) is 43.6 Å². The summed E-state index contributed by atoms with van der Waals surface area (Å²) in [5.74, 6) is 1.46. The number of benzene rings is 1. The molecular weight excluding hydrogens is 422 g/mol. The molecule has 0 saturated heterocycles. The summed E-state index contributed by atoms with van der Waals surface area (Å²) in [6.07, 6.45) is 8.41. The Morgan fingerprint density at radius 3 is 2.71 bits per heavy atom. The highest BCUT2D eigenvalue weighted by molar-refractivity contribution is 7.97. The van der Waals surface area contributed by atoms with Gasteiger partial charge in [-0.05, 0) is 74.1 Å². The Balaban J connectivity index is 0.00000112. The van der Waals surface area contributed by atoms with E-state index in [1.165, 1.54) is 28.1 Å². The van der Waals surface area contributed by atoms with Crippen molar-refractivity contribution < 1.29 is 4.79 Å². The fourth-order valence-corrected chi connectivity index (χ4v) is 6.43. The Labute approximate surface area is 193 Å². The van der Waals surface area contributed by atoms with Gasteiger partial charge in [-0.15, -0.1) is 11.3 Å². The maximum Gasteiger partial charge on any atom is 0.251 e. The number of rotatable bonds is 5. The molecule has 4 nitrogen and oxygen atoms in total. The van der Waals surface area contributed by atoms with Crippen molar-refractivity contribution in [2.24, 2.45) is 5.41 Å². The maximum atomic E-state index is 12.6. The number of aryl methyl sites for hydroxylation is 1. The molecule has 2 aliphatic carbocycles. The van der Waals surface area contributed by atoms with Crippen LogP contribution in [0.2, 0.25) is 0 Å². The van der Waals surface area contributed by atoms with E-state index in [-0.39, 0.29) is 5.91 Å². The van der Waals surface area contributed by atoms with E-state index in [1.54, 1.807) is 18.0 Å². The van der Waals surface area contributed by atoms with Gasteiger partial charge in [-0.2, -0.15) is 11.8 Å². The van der Waals surface area contributed by atoms with Crippen LogP contribution < -0.4 is 5.32 Å². The van der Waals surface area contributed by atoms with Crippen molar-refractivity contribution in [1.82, 2.24) is 15.3 Å². The number of nitrogens with zero attached hydrogens (tertiary/aromatic N) is 2. The van der Waals surface area contributed by atoms with Crippen LogP contribution in [-0.2, 0) is 5.75 Å². The number of thioether (sulfide) groups is 1. The number of hydrogen-bond donors (Lipinski definition) is 1. The van der Waals surface area contributed by atoms with E-state index >= 15 is 0 Å². The standard InChI is InChI=1S/C23H25N3OS2.C2H6/c1-14-3-4-20-19(7-14)26-22(29-20)16-9-23(10-16)11-18(12-23)25-21(27)15-5-6-24-17(8-15)13-28-2;1-2/h3-8,16,18H,9-13H2,1-2H3,(H,25,27);1-2H3. The molecule has 2 aromatic heterocycles. The van der Waals surface area contributed by atoms with E-state index in [0.29, 0.717) is 17.4 Å². The zero-order valence-corrected chi connectivity index (χ0v) is 20.4. The highest BCUT2D eigenvalue weighted by Crippen LogP contribution is 2.62. The molecule has 2 saturated carbocycles. The second-order valence-electron chi connectivity index (χ2n) is 8.68. The molecule has 164 valence electrons. The van der Waals surface area contributed by atoms with Crippen LogP contribution in [0.3, 0.4) is 0 Å². The van der Waals surface area contributed by atoms with Crippen molar-refractivity contribution in [3.63, 3.8) is 0 Å². The van der Waals surface area contributed by atoms with E-state index in [2.05, 4.69) is 35.4 Å². The number of aromatic nitrogens is 2. The molecule has 6 heteroatoms. The summed E-state index contributed by atoms with van der Waals surface area (Å²) in [4.78, 5) is 21.8. The second-order valence-corrected chi connectivity index (χ2v) is 10.6. The van der Waals surface area contributed by atoms with Gasteiger partial charge in [-0.1, -0.05) is 19.9 Å². The van der Waals surface area contributed by atoms with Gasteiger partial charge in [0.1, 0.15) is 0 Å². The zero-order chi connectivity index (χ0) is 22.0. The van der Waals surface area contributed by atoms with Crippen molar-refractivity contribution in [2.45, 2.75) is 64.2 Å². The Bertz CT molecular complexity index is 1060. The summed E-state index contributed by atoms with van der Waals surface area (Å²) in [7, 11) is 0. The summed E-state index contributed by atoms with van der Waals surface area (Å²) in [5, 5.41) is 4.51. The van der Waals surface area contributed by atoms with Gasteiger partial charge in [-0.3, -0.25) is 9.78 Å². The van der Waals surface area contributed by atoms with Crippen LogP contribution in [0.5, 0.6) is 0 Å². The minimum Gasteiger partial charge on any atom is -0.349 e. The Morgan fingerprint density at radius 1 is 1.19 bits per heavy atom. The third kappa shape index (κ3) is 4.65. The lowest BCUT2D eigenvalue weighted by Gasteiger charge is -2.57. The Kier molecular flexibility index (Phi) is 6.68. The summed E-state index contributed by atoms with van der Waals surface area (Å²) < 4.78 is 1.29. The molecule has 1 amide bonds. The molecular formula is C25H31N3OS2. The van der Waals surface area contributed by atoms with Crippen LogP contribution in [0.15, 0.2) is 36.5 Å². The lowest BCUT2D eigenvalue weighted by Crippen LogP contribution is -2.55. The Hall–Kier alpha value is -1.92. The number of nitrogens with one attached hydrogen (secondary N) is 1. The first-order chi connectivity index (χ1) is 15.0. The van der Waals surface area contributed by atoms with Gasteiger partial charge < -0.3 is 5.32 Å². The number of carbonyl (C=O) groups is 1. The molecule has 1 N–H and O–H groups in total. The van der Waals surface area contributed by atoms with Crippen LogP contribution in [-0.4, -0.2) is 28.2 Å². The largest absolute Gasteiger partial charge is 0.349 e. The van der Waals surface area contributed by atoms with Crippen LogP contribution in [0.25, 0.3) is 10.2 Å². The average Bonchev–Trinajstić information content (AvgIpc) is 3.13. The number of carbonyl (C=O) groups excluding carboxylic acids is 1. The second kappa shape index (κ2) is 9.29. The summed E-state index contributed by atoms with van der Waals surface area (Å²) in [6, 6.07) is 10.6. The Morgan fingerprint density at radius 2 is 1.97 bits per heavy atom. The molecule has 31 heavy (non-hydrogen) atoms. The van der Waals surface area contributed by atoms with Crippen molar-refractivity contribution in [1.29, 1.82) is 0 Å². The lowest BCUT2D eigenvalue weighted by molar-refractivity contribution is -0.0187. The van der Waals surface area contributed by atoms with Crippen LogP contribution in [0, 0.1) is 12.3 Å². The fraction of sp³-hybridized carbons (Fsp3) is 0.480. The zero-order valence-electron chi connectivity index (χ0n) is 18.8. The fourth-order valence-electron chi connectivity index (χ4n) is 4.93. The monoisotopic (exact) mass is 453 g/mol. The van der Waals surface area contributed by atoms with Gasteiger partial charge in [0.2, 0.25) is 0 Å². The first kappa shape index (κ1) is 22.3. The van der Waals surface area contributed by atoms with E-state index < -0.39 is 0 Å². The van der Waals surface area contributed by atoms with Crippen LogP contribution in [0.4, 0.5) is 0 Å². The van der Waals surface area contributed by atoms with Crippen molar-refractivity contribution in [3.8, 4) is 0 Å². The minimum atomic E-state index is 0.0343. The molecule has 0 bridgehead atoms. The average molecular weight is 454 g/mol. The molecule has 2 heterocycles. The quantitative estimate of drug-likeness (QED) is 0.489. The third-order valence-electron chi connectivity index (χ3n) is 6.33. The smallest absolute Gasteiger partial charge is 0.251 e. The number of pyridine rings is 1. The first-order valence-corrected chi connectivity index (χ1v) is 13.4.